The molecule has 5 nitrogen and oxygen atoms in total. The van der Waals surface area contributed by atoms with Crippen LogP contribution < -0.4 is 5.32 Å². The third kappa shape index (κ3) is 3.08. The second-order valence-electron chi connectivity index (χ2n) is 4.57. The smallest absolute Gasteiger partial charge is 0.335 e. The van der Waals surface area contributed by atoms with Crippen LogP contribution in [-0.2, 0) is 0 Å². The molecule has 0 amide bonds. The lowest BCUT2D eigenvalue weighted by Crippen LogP contribution is -2.00. The molecule has 1 heterocycles. The van der Waals surface area contributed by atoms with Gasteiger partial charge < -0.3 is 10.4 Å². The molecule has 100 valence electrons. The molecule has 0 aliphatic heterocycles. The summed E-state index contributed by atoms with van der Waals surface area (Å²) in [7, 11) is 0. The van der Waals surface area contributed by atoms with E-state index in [4.69, 9.17) is 5.11 Å². The average molecular weight is 277 g/mol. The van der Waals surface area contributed by atoms with Crippen LogP contribution in [0.25, 0.3) is 0 Å². The number of aromatic nitrogens is 2. The number of carboxylic acid groups (broad SMARTS) is 1. The number of nitrogens with zero attached hydrogens (tertiary/aromatic N) is 2. The van der Waals surface area contributed by atoms with Gasteiger partial charge >= 0.3 is 5.97 Å². The maximum absolute atomic E-state index is 10.9. The molecule has 0 saturated carbocycles. The Kier molecular flexibility index (Phi) is 3.80. The Balaban J connectivity index is 2.19. The topological polar surface area (TPSA) is 75.1 Å². The molecule has 2 N–H and O–H groups in total. The van der Waals surface area contributed by atoms with E-state index in [2.05, 4.69) is 14.7 Å². The van der Waals surface area contributed by atoms with Gasteiger partial charge in [-0.25, -0.2) is 9.78 Å². The predicted molar refractivity (Wildman–Crippen MR) is 75.4 cm³/mol. The van der Waals surface area contributed by atoms with Gasteiger partial charge in [0, 0.05) is 23.1 Å². The van der Waals surface area contributed by atoms with E-state index >= 15 is 0 Å². The Morgan fingerprint density at radius 1 is 1.42 bits per heavy atom. The van der Waals surface area contributed by atoms with Crippen molar-refractivity contribution >= 4 is 28.3 Å². The first-order valence-corrected chi connectivity index (χ1v) is 6.69. The van der Waals surface area contributed by atoms with Crippen molar-refractivity contribution in [3.8, 4) is 0 Å². The van der Waals surface area contributed by atoms with Crippen molar-refractivity contribution in [3.63, 3.8) is 0 Å². The van der Waals surface area contributed by atoms with Gasteiger partial charge in [0.2, 0.25) is 5.13 Å². The van der Waals surface area contributed by atoms with Gasteiger partial charge in [-0.1, -0.05) is 13.8 Å². The molecular formula is C13H15N3O2S. The number of carboxylic acids is 1. The Labute approximate surface area is 115 Å². The number of hydrogen-bond donors (Lipinski definition) is 2. The summed E-state index contributed by atoms with van der Waals surface area (Å²) in [6.45, 7) is 5.85. The van der Waals surface area contributed by atoms with E-state index in [0.29, 0.717) is 22.2 Å². The molecule has 0 bridgehead atoms. The van der Waals surface area contributed by atoms with E-state index < -0.39 is 5.97 Å². The van der Waals surface area contributed by atoms with Crippen molar-refractivity contribution < 1.29 is 9.90 Å². The van der Waals surface area contributed by atoms with Crippen molar-refractivity contribution in [3.05, 3.63) is 35.2 Å². The summed E-state index contributed by atoms with van der Waals surface area (Å²) in [6, 6.07) is 5.11. The molecule has 6 heteroatoms. The van der Waals surface area contributed by atoms with Crippen LogP contribution in [-0.4, -0.2) is 20.4 Å². The van der Waals surface area contributed by atoms with Crippen molar-refractivity contribution in [2.24, 2.45) is 0 Å². The van der Waals surface area contributed by atoms with Gasteiger partial charge in [0.25, 0.3) is 0 Å². The van der Waals surface area contributed by atoms with Gasteiger partial charge in [-0.05, 0) is 30.7 Å². The fourth-order valence-electron chi connectivity index (χ4n) is 1.63. The lowest BCUT2D eigenvalue weighted by atomic mass is 10.1. The van der Waals surface area contributed by atoms with Gasteiger partial charge in [0.05, 0.1) is 5.56 Å². The Morgan fingerprint density at radius 3 is 2.68 bits per heavy atom. The normalized spacial score (nSPS) is 10.7. The number of aryl methyl sites for hydroxylation is 1. The van der Waals surface area contributed by atoms with Crippen LogP contribution in [0.1, 0.15) is 41.5 Å². The van der Waals surface area contributed by atoms with E-state index in [0.717, 1.165) is 11.5 Å². The molecule has 0 saturated heterocycles. The van der Waals surface area contributed by atoms with Crippen LogP contribution in [0.15, 0.2) is 18.2 Å². The Morgan fingerprint density at radius 2 is 2.16 bits per heavy atom. The lowest BCUT2D eigenvalue weighted by Gasteiger charge is -2.05. The standard InChI is InChI=1S/C13H15N3O2S/c1-7(2)11-15-13(19-16-11)14-9-4-5-10(12(17)18)8(3)6-9/h4-7H,1-3H3,(H,17,18)(H,14,15,16). The molecule has 1 aromatic heterocycles. The maximum atomic E-state index is 10.9. The summed E-state index contributed by atoms with van der Waals surface area (Å²) < 4.78 is 4.25. The van der Waals surface area contributed by atoms with Gasteiger partial charge in [-0.15, -0.1) is 0 Å². The lowest BCUT2D eigenvalue weighted by molar-refractivity contribution is 0.0696. The number of rotatable bonds is 4. The van der Waals surface area contributed by atoms with Gasteiger partial charge in [0.15, 0.2) is 0 Å². The highest BCUT2D eigenvalue weighted by molar-refractivity contribution is 7.09. The predicted octanol–water partition coefficient (Wildman–Crippen LogP) is 3.41. The highest BCUT2D eigenvalue weighted by Gasteiger charge is 2.10. The van der Waals surface area contributed by atoms with E-state index in [-0.39, 0.29) is 0 Å². The third-order valence-electron chi connectivity index (χ3n) is 2.67. The van der Waals surface area contributed by atoms with Crippen LogP contribution in [0.3, 0.4) is 0 Å². The van der Waals surface area contributed by atoms with Crippen molar-refractivity contribution in [2.45, 2.75) is 26.7 Å². The monoisotopic (exact) mass is 277 g/mol. The molecule has 0 unspecified atom stereocenters. The molecule has 0 atom stereocenters. The fraction of sp³-hybridized carbons (Fsp3) is 0.308. The minimum Gasteiger partial charge on any atom is -0.478 e. The molecule has 1 aromatic carbocycles. The first-order chi connectivity index (χ1) is 8.97. The van der Waals surface area contributed by atoms with Gasteiger partial charge in [-0.3, -0.25) is 0 Å². The van der Waals surface area contributed by atoms with Crippen molar-refractivity contribution in [1.29, 1.82) is 0 Å². The molecule has 0 aliphatic carbocycles. The Bertz CT molecular complexity index is 608. The largest absolute Gasteiger partial charge is 0.478 e. The SMILES string of the molecule is Cc1cc(Nc2nc(C(C)C)ns2)ccc1C(=O)O. The van der Waals surface area contributed by atoms with E-state index in [1.165, 1.54) is 11.5 Å². The quantitative estimate of drug-likeness (QED) is 0.895. The third-order valence-corrected chi connectivity index (χ3v) is 3.31. The van der Waals surface area contributed by atoms with Crippen LogP contribution in [0.2, 0.25) is 0 Å². The van der Waals surface area contributed by atoms with Crippen LogP contribution in [0.5, 0.6) is 0 Å². The summed E-state index contributed by atoms with van der Waals surface area (Å²) in [4.78, 5) is 15.3. The highest BCUT2D eigenvalue weighted by atomic mass is 32.1. The first kappa shape index (κ1) is 13.5. The van der Waals surface area contributed by atoms with E-state index in [1.54, 1.807) is 25.1 Å². The molecule has 2 aromatic rings. The molecule has 2 rings (SSSR count). The van der Waals surface area contributed by atoms with Crippen LogP contribution >= 0.6 is 11.5 Å². The fourth-order valence-corrected chi connectivity index (χ4v) is 2.35. The molecule has 0 fully saturated rings. The number of hydrogen-bond acceptors (Lipinski definition) is 5. The summed E-state index contributed by atoms with van der Waals surface area (Å²) in [5, 5.41) is 12.8. The number of aromatic carboxylic acids is 1. The number of anilines is 2. The highest BCUT2D eigenvalue weighted by Crippen LogP contribution is 2.23. The van der Waals surface area contributed by atoms with Crippen LogP contribution in [0.4, 0.5) is 10.8 Å². The van der Waals surface area contributed by atoms with Crippen molar-refractivity contribution in [2.75, 3.05) is 5.32 Å². The second-order valence-corrected chi connectivity index (χ2v) is 5.32. The summed E-state index contributed by atoms with van der Waals surface area (Å²) in [5.41, 5.74) is 1.84. The van der Waals surface area contributed by atoms with Gasteiger partial charge in [0.1, 0.15) is 5.82 Å². The first-order valence-electron chi connectivity index (χ1n) is 5.92. The number of benzene rings is 1. The number of carbonyl (C=O) groups is 1. The maximum Gasteiger partial charge on any atom is 0.335 e. The summed E-state index contributed by atoms with van der Waals surface area (Å²) in [5.74, 6) is 0.191. The zero-order chi connectivity index (χ0) is 14.0. The average Bonchev–Trinajstić information content (AvgIpc) is 2.77. The minimum absolute atomic E-state index is 0.294. The van der Waals surface area contributed by atoms with Crippen LogP contribution in [0, 0.1) is 6.92 Å². The molecule has 0 aliphatic rings. The molecule has 0 spiro atoms. The molecule has 0 radical (unpaired) electrons. The zero-order valence-electron chi connectivity index (χ0n) is 11.0. The zero-order valence-corrected chi connectivity index (χ0v) is 11.8. The second kappa shape index (κ2) is 5.36. The van der Waals surface area contributed by atoms with E-state index in [9.17, 15) is 4.79 Å². The molecule has 19 heavy (non-hydrogen) atoms. The summed E-state index contributed by atoms with van der Waals surface area (Å²) in [6.07, 6.45) is 0. The van der Waals surface area contributed by atoms with Gasteiger partial charge in [-0.2, -0.15) is 4.37 Å². The molecular weight excluding hydrogens is 262 g/mol. The van der Waals surface area contributed by atoms with Crippen molar-refractivity contribution in [1.82, 2.24) is 9.36 Å². The van der Waals surface area contributed by atoms with E-state index in [1.807, 2.05) is 13.8 Å². The number of nitrogens with one attached hydrogen (secondary N) is 1. The minimum atomic E-state index is -0.915. The summed E-state index contributed by atoms with van der Waals surface area (Å²) >= 11 is 1.30. The Hall–Kier alpha value is -1.95.